The van der Waals surface area contributed by atoms with Gasteiger partial charge in [-0.25, -0.2) is 9.97 Å². The van der Waals surface area contributed by atoms with Gasteiger partial charge in [-0.15, -0.1) is 0 Å². The van der Waals surface area contributed by atoms with E-state index >= 15 is 0 Å². The number of rotatable bonds is 4. The van der Waals surface area contributed by atoms with Crippen LogP contribution in [-0.4, -0.2) is 25.7 Å². The molecule has 20 heavy (non-hydrogen) atoms. The lowest BCUT2D eigenvalue weighted by Crippen LogP contribution is -2.25. The van der Waals surface area contributed by atoms with Crippen LogP contribution in [0.5, 0.6) is 0 Å². The van der Waals surface area contributed by atoms with Crippen LogP contribution < -0.4 is 5.56 Å². The predicted molar refractivity (Wildman–Crippen MR) is 71.4 cm³/mol. The molecule has 2 aromatic rings. The third-order valence-electron chi connectivity index (χ3n) is 2.09. The maximum absolute atomic E-state index is 11.9. The minimum Gasteiger partial charge on any atom is -0.442 e. The molecule has 0 saturated heterocycles. The van der Waals surface area contributed by atoms with Crippen LogP contribution >= 0.6 is 23.4 Å². The minimum atomic E-state index is -0.547. The average Bonchev–Trinajstić information content (AvgIpc) is 2.44. The van der Waals surface area contributed by atoms with Gasteiger partial charge < -0.3 is 4.74 Å². The molecule has 0 bridgehead atoms. The van der Waals surface area contributed by atoms with E-state index in [2.05, 4.69) is 15.1 Å². The lowest BCUT2D eigenvalue weighted by molar-refractivity contribution is -0.145. The van der Waals surface area contributed by atoms with Gasteiger partial charge >= 0.3 is 5.97 Å². The van der Waals surface area contributed by atoms with E-state index in [0.717, 1.165) is 16.4 Å². The molecule has 0 saturated carbocycles. The van der Waals surface area contributed by atoms with E-state index in [4.69, 9.17) is 16.3 Å². The summed E-state index contributed by atoms with van der Waals surface area (Å²) in [6, 6.07) is 1.68. The third-order valence-corrected chi connectivity index (χ3v) is 3.49. The van der Waals surface area contributed by atoms with Gasteiger partial charge in [-0.05, 0) is 17.8 Å². The molecule has 104 valence electrons. The van der Waals surface area contributed by atoms with E-state index in [1.165, 1.54) is 13.1 Å². The number of carbonyl (C=O) groups is 1. The first-order valence-electron chi connectivity index (χ1n) is 5.42. The molecule has 2 rings (SSSR count). The molecule has 0 aliphatic carbocycles. The molecule has 0 atom stereocenters. The van der Waals surface area contributed by atoms with Crippen molar-refractivity contribution in [2.24, 2.45) is 0 Å². The first-order chi connectivity index (χ1) is 9.58. The molecule has 0 unspecified atom stereocenters. The van der Waals surface area contributed by atoms with Gasteiger partial charge in [0.05, 0.1) is 11.1 Å². The van der Waals surface area contributed by atoms with Gasteiger partial charge in [0, 0.05) is 19.3 Å². The molecule has 0 aliphatic heterocycles. The summed E-state index contributed by atoms with van der Waals surface area (Å²) in [4.78, 5) is 31.1. The Kier molecular flexibility index (Phi) is 4.70. The topological polar surface area (TPSA) is 87.0 Å². The Morgan fingerprint density at radius 1 is 1.45 bits per heavy atom. The third kappa shape index (κ3) is 3.55. The summed E-state index contributed by atoms with van der Waals surface area (Å²) in [6.07, 6.45) is 4.56. The largest absolute Gasteiger partial charge is 0.442 e. The van der Waals surface area contributed by atoms with Crippen LogP contribution in [-0.2, 0) is 16.3 Å². The average molecular weight is 313 g/mol. The lowest BCUT2D eigenvalue weighted by Gasteiger charge is -2.07. The Hall–Kier alpha value is -1.93. The summed E-state index contributed by atoms with van der Waals surface area (Å²) < 4.78 is 5.65. The predicted octanol–water partition coefficient (Wildman–Crippen LogP) is 1.36. The molecule has 2 aromatic heterocycles. The van der Waals surface area contributed by atoms with Crippen molar-refractivity contribution in [1.82, 2.24) is 19.7 Å². The maximum atomic E-state index is 11.9. The van der Waals surface area contributed by atoms with Gasteiger partial charge in [0.25, 0.3) is 5.56 Å². The van der Waals surface area contributed by atoms with Crippen molar-refractivity contribution in [3.8, 4) is 0 Å². The van der Waals surface area contributed by atoms with Crippen LogP contribution in [0.3, 0.4) is 0 Å². The van der Waals surface area contributed by atoms with Crippen LogP contribution in [0, 0.1) is 0 Å². The zero-order chi connectivity index (χ0) is 14.5. The molecular formula is C11H9ClN4O3S. The molecule has 9 heteroatoms. The Balaban J connectivity index is 2.22. The fourth-order valence-electron chi connectivity index (χ4n) is 1.20. The number of hydrogen-bond donors (Lipinski definition) is 0. The molecule has 7 nitrogen and oxygen atoms in total. The first kappa shape index (κ1) is 14.5. The SMILES string of the molecule is CC(=O)OCn1ncc(Sc2ncccn2)c(Cl)c1=O. The van der Waals surface area contributed by atoms with Crippen LogP contribution in [0.2, 0.25) is 5.02 Å². The van der Waals surface area contributed by atoms with Crippen LogP contribution in [0.1, 0.15) is 6.92 Å². The van der Waals surface area contributed by atoms with Crippen molar-refractivity contribution in [3.63, 3.8) is 0 Å². The quantitative estimate of drug-likeness (QED) is 0.622. The second-order valence-electron chi connectivity index (χ2n) is 3.53. The normalized spacial score (nSPS) is 10.3. The highest BCUT2D eigenvalue weighted by atomic mass is 35.5. The summed E-state index contributed by atoms with van der Waals surface area (Å²) in [5, 5.41) is 4.30. The zero-order valence-corrected chi connectivity index (χ0v) is 11.9. The summed E-state index contributed by atoms with van der Waals surface area (Å²) in [5.41, 5.74) is -0.547. The van der Waals surface area contributed by atoms with Crippen LogP contribution in [0.4, 0.5) is 0 Å². The highest BCUT2D eigenvalue weighted by molar-refractivity contribution is 7.99. The smallest absolute Gasteiger partial charge is 0.304 e. The van der Waals surface area contributed by atoms with E-state index in [1.54, 1.807) is 18.5 Å². The van der Waals surface area contributed by atoms with Crippen molar-refractivity contribution in [3.05, 3.63) is 40.0 Å². The fraction of sp³-hybridized carbons (Fsp3) is 0.182. The van der Waals surface area contributed by atoms with Gasteiger partial charge in [0.1, 0.15) is 5.02 Å². The van der Waals surface area contributed by atoms with E-state index in [1.807, 2.05) is 0 Å². The van der Waals surface area contributed by atoms with E-state index in [-0.39, 0.29) is 11.8 Å². The van der Waals surface area contributed by atoms with Gasteiger partial charge in [-0.1, -0.05) is 11.6 Å². The Morgan fingerprint density at radius 2 is 2.15 bits per heavy atom. The molecule has 0 aromatic carbocycles. The van der Waals surface area contributed by atoms with Crippen LogP contribution in [0.15, 0.2) is 39.5 Å². The summed E-state index contributed by atoms with van der Waals surface area (Å²) in [5.74, 6) is -0.508. The Morgan fingerprint density at radius 3 is 2.80 bits per heavy atom. The molecule has 0 amide bonds. The number of ether oxygens (including phenoxy) is 1. The Bertz CT molecular complexity index is 677. The number of hydrogen-bond acceptors (Lipinski definition) is 7. The monoisotopic (exact) mass is 312 g/mol. The highest BCUT2D eigenvalue weighted by Crippen LogP contribution is 2.27. The molecule has 0 radical (unpaired) electrons. The number of esters is 1. The van der Waals surface area contributed by atoms with Gasteiger partial charge in [-0.2, -0.15) is 9.78 Å². The van der Waals surface area contributed by atoms with Gasteiger partial charge in [0.2, 0.25) is 0 Å². The number of nitrogens with zero attached hydrogens (tertiary/aromatic N) is 4. The molecule has 0 fully saturated rings. The van der Waals surface area contributed by atoms with Crippen molar-refractivity contribution in [2.75, 3.05) is 0 Å². The van der Waals surface area contributed by atoms with Crippen molar-refractivity contribution in [1.29, 1.82) is 0 Å². The lowest BCUT2D eigenvalue weighted by atomic mass is 10.5. The van der Waals surface area contributed by atoms with E-state index < -0.39 is 11.5 Å². The summed E-state index contributed by atoms with van der Waals surface area (Å²) in [7, 11) is 0. The van der Waals surface area contributed by atoms with Crippen LogP contribution in [0.25, 0.3) is 0 Å². The second kappa shape index (κ2) is 6.49. The van der Waals surface area contributed by atoms with E-state index in [9.17, 15) is 9.59 Å². The maximum Gasteiger partial charge on any atom is 0.304 e. The zero-order valence-electron chi connectivity index (χ0n) is 10.3. The molecule has 0 aliphatic rings. The number of aromatic nitrogens is 4. The summed E-state index contributed by atoms with van der Waals surface area (Å²) >= 11 is 7.10. The summed E-state index contributed by atoms with van der Waals surface area (Å²) in [6.45, 7) is 0.963. The van der Waals surface area contributed by atoms with Gasteiger partial charge in [-0.3, -0.25) is 9.59 Å². The first-order valence-corrected chi connectivity index (χ1v) is 6.61. The molecular weight excluding hydrogens is 304 g/mol. The van der Waals surface area contributed by atoms with Crippen molar-refractivity contribution < 1.29 is 9.53 Å². The standard InChI is InChI=1S/C11H9ClN4O3S/c1-7(17)19-6-16-10(18)9(12)8(5-15-16)20-11-13-3-2-4-14-11/h2-5H,6H2,1H3. The van der Waals surface area contributed by atoms with Crippen molar-refractivity contribution in [2.45, 2.75) is 23.7 Å². The van der Waals surface area contributed by atoms with Gasteiger partial charge in [0.15, 0.2) is 11.9 Å². The molecule has 0 N–H and O–H groups in total. The fourth-order valence-corrected chi connectivity index (χ4v) is 2.16. The number of halogens is 1. The molecule has 0 spiro atoms. The van der Waals surface area contributed by atoms with Crippen molar-refractivity contribution >= 4 is 29.3 Å². The Labute approximate surface area is 123 Å². The highest BCUT2D eigenvalue weighted by Gasteiger charge is 2.12. The second-order valence-corrected chi connectivity index (χ2v) is 4.91. The van der Waals surface area contributed by atoms with E-state index in [0.29, 0.717) is 10.1 Å². The molecule has 2 heterocycles. The number of carbonyl (C=O) groups excluding carboxylic acids is 1. The minimum absolute atomic E-state index is 0.0235.